The zero-order valence-corrected chi connectivity index (χ0v) is 15.3. The maximum atomic E-state index is 12.1. The van der Waals surface area contributed by atoms with Crippen LogP contribution in [0.3, 0.4) is 0 Å². The summed E-state index contributed by atoms with van der Waals surface area (Å²) in [6.07, 6.45) is 10.1. The third-order valence-electron chi connectivity index (χ3n) is 5.10. The lowest BCUT2D eigenvalue weighted by Gasteiger charge is -2.23. The second-order valence-corrected chi connectivity index (χ2v) is 8.66. The summed E-state index contributed by atoms with van der Waals surface area (Å²) in [4.78, 5) is 24.1. The maximum absolute atomic E-state index is 12.1. The van der Waals surface area contributed by atoms with Crippen molar-refractivity contribution in [1.82, 2.24) is 0 Å². The van der Waals surface area contributed by atoms with E-state index in [-0.39, 0.29) is 25.0 Å². The fraction of sp³-hybridized carbons (Fsp3) is 0.882. The van der Waals surface area contributed by atoms with Gasteiger partial charge in [0.05, 0.1) is 13.2 Å². The van der Waals surface area contributed by atoms with Crippen molar-refractivity contribution >= 4 is 22.1 Å². The van der Waals surface area contributed by atoms with E-state index in [1.807, 2.05) is 0 Å². The predicted octanol–water partition coefficient (Wildman–Crippen LogP) is 2.49. The molecule has 0 radical (unpaired) electrons. The molecule has 25 heavy (non-hydrogen) atoms. The second kappa shape index (κ2) is 9.52. The molecule has 2 rings (SSSR count). The number of esters is 2. The van der Waals surface area contributed by atoms with Crippen molar-refractivity contribution in [2.45, 2.75) is 69.5 Å². The van der Waals surface area contributed by atoms with Gasteiger partial charge in [-0.15, -0.1) is 0 Å². The largest absolute Gasteiger partial charge is 0.464 e. The minimum atomic E-state index is -4.92. The summed E-state index contributed by atoms with van der Waals surface area (Å²) in [7, 11) is -4.92. The van der Waals surface area contributed by atoms with Gasteiger partial charge in [0.15, 0.2) is 0 Å². The van der Waals surface area contributed by atoms with Gasteiger partial charge in [0.1, 0.15) is 0 Å². The van der Waals surface area contributed by atoms with Crippen LogP contribution in [0.4, 0.5) is 0 Å². The van der Waals surface area contributed by atoms with Crippen molar-refractivity contribution < 1.29 is 32.0 Å². The zero-order valence-electron chi connectivity index (χ0n) is 14.5. The summed E-state index contributed by atoms with van der Waals surface area (Å²) in [5, 5.41) is -2.31. The highest BCUT2D eigenvalue weighted by atomic mass is 32.2. The molecule has 0 aromatic heterocycles. The van der Waals surface area contributed by atoms with Gasteiger partial charge in [-0.2, -0.15) is 8.42 Å². The number of carbonyl (C=O) groups is 2. The smallest absolute Gasteiger partial charge is 0.338 e. The van der Waals surface area contributed by atoms with Crippen LogP contribution in [-0.4, -0.2) is 43.4 Å². The molecule has 0 aromatic carbocycles. The lowest BCUT2D eigenvalue weighted by Crippen LogP contribution is -2.41. The van der Waals surface area contributed by atoms with E-state index in [1.54, 1.807) is 0 Å². The molecule has 0 atom stereocenters. The number of rotatable bonds is 7. The average Bonchev–Trinajstić information content (AvgIpc) is 2.59. The molecule has 0 unspecified atom stereocenters. The van der Waals surface area contributed by atoms with E-state index in [0.717, 1.165) is 64.2 Å². The highest BCUT2D eigenvalue weighted by molar-refractivity contribution is 7.88. The molecule has 0 aliphatic heterocycles. The molecular weight excluding hydrogens is 348 g/mol. The summed E-state index contributed by atoms with van der Waals surface area (Å²) in [6, 6.07) is 0. The highest BCUT2D eigenvalue weighted by Gasteiger charge is 2.42. The first-order chi connectivity index (χ1) is 11.9. The molecule has 0 heterocycles. The van der Waals surface area contributed by atoms with Crippen molar-refractivity contribution in [3.8, 4) is 0 Å². The van der Waals surface area contributed by atoms with Crippen LogP contribution in [0.25, 0.3) is 0 Å². The Morgan fingerprint density at radius 2 is 1.16 bits per heavy atom. The molecule has 2 saturated carbocycles. The SMILES string of the molecule is O=C(OCC1CCCCC1)C(C(=O)OCC1CCCCC1)S(=O)(=O)O. The minimum Gasteiger partial charge on any atom is -0.464 e. The summed E-state index contributed by atoms with van der Waals surface area (Å²) >= 11 is 0. The van der Waals surface area contributed by atoms with E-state index in [9.17, 15) is 22.6 Å². The summed E-state index contributed by atoms with van der Waals surface area (Å²) < 4.78 is 42.2. The Kier molecular flexibility index (Phi) is 7.68. The maximum Gasteiger partial charge on any atom is 0.338 e. The fourth-order valence-electron chi connectivity index (χ4n) is 3.60. The van der Waals surface area contributed by atoms with Crippen LogP contribution in [0.2, 0.25) is 0 Å². The van der Waals surface area contributed by atoms with Crippen LogP contribution in [0.1, 0.15) is 64.2 Å². The molecule has 0 saturated heterocycles. The normalized spacial score (nSPS) is 20.4. The van der Waals surface area contributed by atoms with Crippen LogP contribution in [-0.2, 0) is 29.2 Å². The molecule has 7 nitrogen and oxygen atoms in total. The van der Waals surface area contributed by atoms with Crippen LogP contribution in [0, 0.1) is 11.8 Å². The molecule has 0 amide bonds. The van der Waals surface area contributed by atoms with Crippen LogP contribution in [0.15, 0.2) is 0 Å². The van der Waals surface area contributed by atoms with Gasteiger partial charge in [-0.3, -0.25) is 4.55 Å². The number of ether oxygens (including phenoxy) is 2. The topological polar surface area (TPSA) is 107 Å². The molecule has 2 fully saturated rings. The van der Waals surface area contributed by atoms with Crippen molar-refractivity contribution in [3.05, 3.63) is 0 Å². The highest BCUT2D eigenvalue weighted by Crippen LogP contribution is 2.25. The number of hydrogen-bond acceptors (Lipinski definition) is 6. The quantitative estimate of drug-likeness (QED) is 0.413. The van der Waals surface area contributed by atoms with E-state index < -0.39 is 27.3 Å². The predicted molar refractivity (Wildman–Crippen MR) is 90.4 cm³/mol. The van der Waals surface area contributed by atoms with Crippen molar-refractivity contribution in [2.24, 2.45) is 11.8 Å². The third-order valence-corrected chi connectivity index (χ3v) is 6.08. The lowest BCUT2D eigenvalue weighted by atomic mass is 9.90. The van der Waals surface area contributed by atoms with Gasteiger partial charge in [0, 0.05) is 0 Å². The third kappa shape index (κ3) is 6.58. The van der Waals surface area contributed by atoms with Gasteiger partial charge in [-0.05, 0) is 37.5 Å². The van der Waals surface area contributed by atoms with Gasteiger partial charge in [-0.25, -0.2) is 9.59 Å². The summed E-state index contributed by atoms with van der Waals surface area (Å²) in [5.41, 5.74) is 0. The van der Waals surface area contributed by atoms with Gasteiger partial charge in [-0.1, -0.05) is 38.5 Å². The standard InChI is InChI=1S/C17H28O7S/c18-16(23-11-13-7-3-1-4-8-13)15(25(20,21)22)17(19)24-12-14-9-5-2-6-10-14/h13-15H,1-12H2,(H,20,21,22). The van der Waals surface area contributed by atoms with E-state index in [1.165, 1.54) is 0 Å². The molecule has 0 aromatic rings. The molecule has 144 valence electrons. The summed E-state index contributed by atoms with van der Waals surface area (Å²) in [5.74, 6) is -2.14. The fourth-order valence-corrected chi connectivity index (χ4v) is 4.22. The van der Waals surface area contributed by atoms with Gasteiger partial charge in [0.2, 0.25) is 0 Å². The van der Waals surface area contributed by atoms with E-state index in [4.69, 9.17) is 9.47 Å². The molecule has 0 spiro atoms. The molecule has 2 aliphatic rings. The van der Waals surface area contributed by atoms with E-state index in [2.05, 4.69) is 0 Å². The monoisotopic (exact) mass is 376 g/mol. The Balaban J connectivity index is 1.87. The Hall–Kier alpha value is -1.15. The minimum absolute atomic E-state index is 0.0702. The Morgan fingerprint density at radius 3 is 1.48 bits per heavy atom. The first-order valence-corrected chi connectivity index (χ1v) is 10.7. The van der Waals surface area contributed by atoms with Crippen LogP contribution < -0.4 is 0 Å². The van der Waals surface area contributed by atoms with E-state index in [0.29, 0.717) is 0 Å². The van der Waals surface area contributed by atoms with Crippen molar-refractivity contribution in [2.75, 3.05) is 13.2 Å². The van der Waals surface area contributed by atoms with Gasteiger partial charge in [0.25, 0.3) is 15.4 Å². The number of hydrogen-bond donors (Lipinski definition) is 1. The second-order valence-electron chi connectivity index (χ2n) is 7.16. The number of carbonyl (C=O) groups excluding carboxylic acids is 2. The first-order valence-electron chi connectivity index (χ1n) is 9.17. The summed E-state index contributed by atoms with van der Waals surface area (Å²) in [6.45, 7) is 0.140. The molecule has 1 N–H and O–H groups in total. The average molecular weight is 376 g/mol. The van der Waals surface area contributed by atoms with Gasteiger partial charge >= 0.3 is 11.9 Å². The Bertz CT molecular complexity index is 511. The van der Waals surface area contributed by atoms with Crippen LogP contribution in [0.5, 0.6) is 0 Å². The Labute approximate surface area is 149 Å². The lowest BCUT2D eigenvalue weighted by molar-refractivity contribution is -0.155. The molecule has 0 bridgehead atoms. The zero-order chi connectivity index (χ0) is 18.3. The molecular formula is C17H28O7S. The molecule has 2 aliphatic carbocycles. The van der Waals surface area contributed by atoms with Crippen molar-refractivity contribution in [1.29, 1.82) is 0 Å². The van der Waals surface area contributed by atoms with Gasteiger partial charge < -0.3 is 9.47 Å². The Morgan fingerprint density at radius 1 is 0.800 bits per heavy atom. The first kappa shape index (κ1) is 20.2. The molecule has 8 heteroatoms. The van der Waals surface area contributed by atoms with E-state index >= 15 is 0 Å². The van der Waals surface area contributed by atoms with Crippen LogP contribution >= 0.6 is 0 Å². The van der Waals surface area contributed by atoms with Crippen molar-refractivity contribution in [3.63, 3.8) is 0 Å².